The van der Waals surface area contributed by atoms with Crippen molar-refractivity contribution in [3.05, 3.63) is 40.3 Å². The summed E-state index contributed by atoms with van der Waals surface area (Å²) >= 11 is 6.05. The quantitative estimate of drug-likeness (QED) is 0.249. The fourth-order valence-electron chi connectivity index (χ4n) is 4.43. The van der Waals surface area contributed by atoms with Gasteiger partial charge >= 0.3 is 0 Å². The third-order valence-electron chi connectivity index (χ3n) is 6.40. The highest BCUT2D eigenvalue weighted by molar-refractivity contribution is 8.93. The first-order chi connectivity index (χ1) is 16.4. The van der Waals surface area contributed by atoms with E-state index >= 15 is 0 Å². The number of unbranched alkanes of at least 4 members (excludes halogenated alkanes) is 1. The molecule has 2 aromatic rings. The van der Waals surface area contributed by atoms with E-state index < -0.39 is 0 Å². The molecule has 1 aliphatic carbocycles. The second-order valence-electron chi connectivity index (χ2n) is 11.6. The van der Waals surface area contributed by atoms with Crippen molar-refractivity contribution in [2.75, 3.05) is 23.7 Å². The molecule has 0 spiro atoms. The van der Waals surface area contributed by atoms with Crippen LogP contribution in [0, 0.1) is 11.2 Å². The number of benzene rings is 1. The molecule has 1 heterocycles. The molecule has 3 rings (SSSR count). The number of nitrogens with zero attached hydrogens (tertiary/aromatic N) is 2. The summed E-state index contributed by atoms with van der Waals surface area (Å²) in [5.74, 6) is 0.897. The zero-order valence-corrected chi connectivity index (χ0v) is 27.0. The number of aromatic nitrogens is 2. The lowest BCUT2D eigenvalue weighted by molar-refractivity contribution is -0.116. The number of hydrogen-bond donors (Lipinski definition) is 3. The van der Waals surface area contributed by atoms with E-state index in [4.69, 9.17) is 16.6 Å². The van der Waals surface area contributed by atoms with Crippen molar-refractivity contribution < 1.29 is 9.18 Å². The number of amides is 1. The highest BCUT2D eigenvalue weighted by Crippen LogP contribution is 2.30. The van der Waals surface area contributed by atoms with Gasteiger partial charge < -0.3 is 20.5 Å². The molecule has 0 saturated heterocycles. The molecule has 0 aliphatic heterocycles. The average molecular weight is 668 g/mol. The SMILES string of the molecule is Br.Br.CCCCC(=O)Nc1cn(C(C)(C)CNCC(C)(C)C)c(N[C@H]2CCc3cc(F)c(Cl)cc3C2)n1. The Morgan fingerprint density at radius 1 is 1.16 bits per heavy atom. The molecule has 1 atom stereocenters. The van der Waals surface area contributed by atoms with Crippen molar-refractivity contribution in [3.63, 3.8) is 0 Å². The predicted molar refractivity (Wildman–Crippen MR) is 164 cm³/mol. The van der Waals surface area contributed by atoms with Crippen molar-refractivity contribution >= 4 is 63.2 Å². The van der Waals surface area contributed by atoms with Gasteiger partial charge in [-0.2, -0.15) is 4.98 Å². The molecular formula is C27H43Br2ClFN5O. The van der Waals surface area contributed by atoms with E-state index in [2.05, 4.69) is 62.1 Å². The normalized spacial score (nSPS) is 15.3. The molecule has 0 radical (unpaired) electrons. The molecule has 0 unspecified atom stereocenters. The molecule has 37 heavy (non-hydrogen) atoms. The first kappa shape index (κ1) is 33.9. The van der Waals surface area contributed by atoms with Crippen LogP contribution < -0.4 is 16.0 Å². The summed E-state index contributed by atoms with van der Waals surface area (Å²) in [6.07, 6.45) is 6.61. The monoisotopic (exact) mass is 665 g/mol. The maximum Gasteiger partial charge on any atom is 0.225 e. The van der Waals surface area contributed by atoms with Gasteiger partial charge in [-0.15, -0.1) is 34.0 Å². The van der Waals surface area contributed by atoms with Gasteiger partial charge in [-0.1, -0.05) is 45.7 Å². The highest BCUT2D eigenvalue weighted by Gasteiger charge is 2.28. The van der Waals surface area contributed by atoms with Crippen LogP contribution in [0.2, 0.25) is 5.02 Å². The first-order valence-corrected chi connectivity index (χ1v) is 13.1. The van der Waals surface area contributed by atoms with Gasteiger partial charge in [0.15, 0.2) is 5.82 Å². The van der Waals surface area contributed by atoms with Crippen LogP contribution in [0.5, 0.6) is 0 Å². The fraction of sp³-hybridized carbons (Fsp3) is 0.630. The third-order valence-corrected chi connectivity index (χ3v) is 6.69. The van der Waals surface area contributed by atoms with Gasteiger partial charge in [-0.25, -0.2) is 4.39 Å². The first-order valence-electron chi connectivity index (χ1n) is 12.7. The fourth-order valence-corrected chi connectivity index (χ4v) is 4.62. The number of anilines is 2. The summed E-state index contributed by atoms with van der Waals surface area (Å²) in [5, 5.41) is 10.3. The minimum Gasteiger partial charge on any atom is -0.353 e. The highest BCUT2D eigenvalue weighted by atomic mass is 79.9. The lowest BCUT2D eigenvalue weighted by Gasteiger charge is -2.32. The lowest BCUT2D eigenvalue weighted by Crippen LogP contribution is -2.42. The number of carbonyl (C=O) groups is 1. The number of rotatable bonds is 10. The lowest BCUT2D eigenvalue weighted by atomic mass is 9.88. The van der Waals surface area contributed by atoms with Crippen LogP contribution in [-0.4, -0.2) is 34.6 Å². The number of imidazole rings is 1. The maximum absolute atomic E-state index is 13.9. The Kier molecular flexibility index (Phi) is 13.1. The van der Waals surface area contributed by atoms with Crippen LogP contribution in [0.4, 0.5) is 16.2 Å². The van der Waals surface area contributed by atoms with Crippen molar-refractivity contribution in [2.24, 2.45) is 5.41 Å². The third kappa shape index (κ3) is 9.83. The number of fused-ring (bicyclic) bond motifs is 1. The Morgan fingerprint density at radius 2 is 1.86 bits per heavy atom. The summed E-state index contributed by atoms with van der Waals surface area (Å²) in [5.41, 5.74) is 1.98. The maximum atomic E-state index is 13.9. The van der Waals surface area contributed by atoms with Crippen LogP contribution in [0.15, 0.2) is 18.3 Å². The number of hydrogen-bond acceptors (Lipinski definition) is 4. The van der Waals surface area contributed by atoms with E-state index in [1.54, 1.807) is 12.1 Å². The van der Waals surface area contributed by atoms with Crippen LogP contribution in [0.25, 0.3) is 0 Å². The van der Waals surface area contributed by atoms with Crippen LogP contribution in [0.3, 0.4) is 0 Å². The molecule has 210 valence electrons. The Hall–Kier alpha value is -1.16. The Labute approximate surface area is 247 Å². The zero-order chi connectivity index (χ0) is 25.8. The van der Waals surface area contributed by atoms with Crippen LogP contribution >= 0.6 is 45.6 Å². The standard InChI is InChI=1S/C27H41ClFN5O.2BrH/c1-7-8-9-24(35)32-23-15-34(27(5,6)17-30-16-26(2,3)4)25(33-23)31-20-11-10-18-14-22(29)21(28)13-19(18)12-20;;/h13-15,20,30H,7-12,16-17H2,1-6H3,(H,31,33)(H,32,35);2*1H/t20-;;/m0../s1. The summed E-state index contributed by atoms with van der Waals surface area (Å²) < 4.78 is 16.0. The Bertz CT molecular complexity index is 1040. The van der Waals surface area contributed by atoms with Gasteiger partial charge in [-0.05, 0) is 68.2 Å². The van der Waals surface area contributed by atoms with Gasteiger partial charge in [-0.3, -0.25) is 4.79 Å². The molecule has 6 nitrogen and oxygen atoms in total. The van der Waals surface area contributed by atoms with E-state index in [-0.39, 0.29) is 67.7 Å². The number of halogens is 4. The zero-order valence-electron chi connectivity index (χ0n) is 22.8. The largest absolute Gasteiger partial charge is 0.353 e. The van der Waals surface area contributed by atoms with Gasteiger partial charge in [0.05, 0.1) is 16.8 Å². The minimum absolute atomic E-state index is 0. The Balaban J connectivity index is 0.00000342. The molecule has 0 saturated carbocycles. The molecule has 1 amide bonds. The number of carbonyl (C=O) groups excluding carboxylic acids is 1. The molecule has 0 fully saturated rings. The van der Waals surface area contributed by atoms with E-state index in [9.17, 15) is 9.18 Å². The molecule has 0 bridgehead atoms. The van der Waals surface area contributed by atoms with Crippen LogP contribution in [0.1, 0.15) is 78.4 Å². The minimum atomic E-state index is -0.361. The topological polar surface area (TPSA) is 71.0 Å². The Morgan fingerprint density at radius 3 is 2.51 bits per heavy atom. The number of aryl methyl sites for hydroxylation is 1. The molecule has 1 aliphatic rings. The summed E-state index contributed by atoms with van der Waals surface area (Å²) in [6.45, 7) is 14.7. The molecular weight excluding hydrogens is 625 g/mol. The van der Waals surface area contributed by atoms with E-state index in [1.165, 1.54) is 0 Å². The van der Waals surface area contributed by atoms with Gasteiger partial charge in [0, 0.05) is 25.6 Å². The van der Waals surface area contributed by atoms with Crippen molar-refractivity contribution in [1.29, 1.82) is 0 Å². The second kappa shape index (κ2) is 14.3. The molecule has 1 aromatic carbocycles. The molecule has 3 N–H and O–H groups in total. The van der Waals surface area contributed by atoms with E-state index in [0.717, 1.165) is 62.3 Å². The van der Waals surface area contributed by atoms with Crippen molar-refractivity contribution in [2.45, 2.75) is 91.6 Å². The number of nitrogens with one attached hydrogen (secondary N) is 3. The van der Waals surface area contributed by atoms with Gasteiger partial charge in [0.25, 0.3) is 0 Å². The van der Waals surface area contributed by atoms with Crippen LogP contribution in [-0.2, 0) is 23.2 Å². The van der Waals surface area contributed by atoms with Crippen molar-refractivity contribution in [1.82, 2.24) is 14.9 Å². The molecule has 10 heteroatoms. The van der Waals surface area contributed by atoms with E-state index in [1.807, 2.05) is 6.20 Å². The smallest absolute Gasteiger partial charge is 0.225 e. The summed E-state index contributed by atoms with van der Waals surface area (Å²) in [7, 11) is 0. The average Bonchev–Trinajstić information content (AvgIpc) is 3.15. The molecule has 1 aromatic heterocycles. The van der Waals surface area contributed by atoms with E-state index in [0.29, 0.717) is 12.2 Å². The van der Waals surface area contributed by atoms with Gasteiger partial charge in [0.1, 0.15) is 5.82 Å². The van der Waals surface area contributed by atoms with Crippen molar-refractivity contribution in [3.8, 4) is 0 Å². The summed E-state index contributed by atoms with van der Waals surface area (Å²) in [4.78, 5) is 17.1. The van der Waals surface area contributed by atoms with Gasteiger partial charge in [0.2, 0.25) is 11.9 Å². The second-order valence-corrected chi connectivity index (χ2v) is 12.0. The summed E-state index contributed by atoms with van der Waals surface area (Å²) in [6, 6.07) is 3.43. The predicted octanol–water partition coefficient (Wildman–Crippen LogP) is 7.30.